The Kier molecular flexibility index (Phi) is 5.93. The van der Waals surface area contributed by atoms with Crippen molar-refractivity contribution in [3.05, 3.63) is 78.4 Å². The highest BCUT2D eigenvalue weighted by Crippen LogP contribution is 2.26. The third-order valence-electron chi connectivity index (χ3n) is 4.56. The zero-order valence-corrected chi connectivity index (χ0v) is 17.2. The van der Waals surface area contributed by atoms with Gasteiger partial charge in [0, 0.05) is 16.8 Å². The molecule has 0 saturated heterocycles. The number of rotatable bonds is 7. The highest BCUT2D eigenvalue weighted by Gasteiger charge is 2.12. The van der Waals surface area contributed by atoms with Gasteiger partial charge >= 0.3 is 0 Å². The van der Waals surface area contributed by atoms with Gasteiger partial charge in [0.15, 0.2) is 6.61 Å². The van der Waals surface area contributed by atoms with E-state index < -0.39 is 0 Å². The second kappa shape index (κ2) is 9.13. The molecule has 0 aliphatic rings. The van der Waals surface area contributed by atoms with Gasteiger partial charge in [-0.2, -0.15) is 4.98 Å². The fourth-order valence-corrected chi connectivity index (χ4v) is 2.90. The lowest BCUT2D eigenvalue weighted by Gasteiger charge is -2.08. The van der Waals surface area contributed by atoms with Crippen molar-refractivity contribution in [3.8, 4) is 34.3 Å². The molecule has 0 atom stereocenters. The van der Waals surface area contributed by atoms with Crippen molar-refractivity contribution in [1.82, 2.24) is 10.1 Å². The molecular formula is C24H21N3O4. The van der Waals surface area contributed by atoms with Gasteiger partial charge in [0.1, 0.15) is 11.5 Å². The van der Waals surface area contributed by atoms with Crippen LogP contribution in [0.1, 0.15) is 5.56 Å². The molecule has 1 aromatic heterocycles. The maximum Gasteiger partial charge on any atom is 0.262 e. The zero-order valence-electron chi connectivity index (χ0n) is 17.2. The molecule has 156 valence electrons. The number of anilines is 1. The third kappa shape index (κ3) is 5.08. The number of carbonyl (C=O) groups excluding carboxylic acids is 1. The number of benzene rings is 3. The first-order valence-electron chi connectivity index (χ1n) is 9.68. The van der Waals surface area contributed by atoms with E-state index in [0.717, 1.165) is 28.1 Å². The van der Waals surface area contributed by atoms with Crippen LogP contribution in [0.25, 0.3) is 22.8 Å². The van der Waals surface area contributed by atoms with E-state index in [1.807, 2.05) is 67.6 Å². The van der Waals surface area contributed by atoms with Gasteiger partial charge in [-0.25, -0.2) is 0 Å². The Labute approximate surface area is 179 Å². The standard InChI is InChI=1S/C24H21N3O4/c1-16-6-10-19(11-7-16)25-22(28)15-30-21-5-3-4-18(14-21)23-26-24(31-27-23)17-8-12-20(29-2)13-9-17/h3-14H,15H2,1-2H3,(H,25,28). The lowest BCUT2D eigenvalue weighted by Crippen LogP contribution is -2.20. The summed E-state index contributed by atoms with van der Waals surface area (Å²) < 4.78 is 16.2. The summed E-state index contributed by atoms with van der Waals surface area (Å²) in [5.41, 5.74) is 3.37. The van der Waals surface area contributed by atoms with E-state index >= 15 is 0 Å². The minimum absolute atomic E-state index is 0.110. The Balaban J connectivity index is 1.40. The monoisotopic (exact) mass is 415 g/mol. The van der Waals surface area contributed by atoms with E-state index in [-0.39, 0.29) is 12.5 Å². The van der Waals surface area contributed by atoms with E-state index in [0.29, 0.717) is 17.5 Å². The second-order valence-corrected chi connectivity index (χ2v) is 6.88. The highest BCUT2D eigenvalue weighted by molar-refractivity contribution is 5.91. The van der Waals surface area contributed by atoms with Crippen LogP contribution in [-0.2, 0) is 4.79 Å². The molecule has 0 spiro atoms. The minimum atomic E-state index is -0.240. The number of hydrogen-bond donors (Lipinski definition) is 1. The summed E-state index contributed by atoms with van der Waals surface area (Å²) in [5, 5.41) is 6.86. The first kappa shape index (κ1) is 20.2. The van der Waals surface area contributed by atoms with Crippen LogP contribution < -0.4 is 14.8 Å². The lowest BCUT2D eigenvalue weighted by atomic mass is 10.2. The SMILES string of the molecule is COc1ccc(-c2nc(-c3cccc(OCC(=O)Nc4ccc(C)cc4)c3)no2)cc1. The number of hydrogen-bond acceptors (Lipinski definition) is 6. The predicted molar refractivity (Wildman–Crippen MR) is 117 cm³/mol. The van der Waals surface area contributed by atoms with Crippen molar-refractivity contribution in [2.24, 2.45) is 0 Å². The molecule has 7 nitrogen and oxygen atoms in total. The Morgan fingerprint density at radius 1 is 0.968 bits per heavy atom. The van der Waals surface area contributed by atoms with Crippen molar-refractivity contribution in [2.45, 2.75) is 6.92 Å². The van der Waals surface area contributed by atoms with Crippen LogP contribution in [0.4, 0.5) is 5.69 Å². The van der Waals surface area contributed by atoms with Crippen molar-refractivity contribution in [2.75, 3.05) is 19.0 Å². The third-order valence-corrected chi connectivity index (χ3v) is 4.56. The Morgan fingerprint density at radius 2 is 1.74 bits per heavy atom. The van der Waals surface area contributed by atoms with Crippen molar-refractivity contribution in [1.29, 1.82) is 0 Å². The number of ether oxygens (including phenoxy) is 2. The number of aryl methyl sites for hydroxylation is 1. The molecule has 4 rings (SSSR count). The molecule has 0 unspecified atom stereocenters. The molecule has 1 heterocycles. The van der Waals surface area contributed by atoms with Gasteiger partial charge < -0.3 is 19.3 Å². The van der Waals surface area contributed by atoms with E-state index in [2.05, 4.69) is 15.5 Å². The first-order valence-corrected chi connectivity index (χ1v) is 9.68. The number of nitrogens with zero attached hydrogens (tertiary/aromatic N) is 2. The molecule has 3 aromatic carbocycles. The van der Waals surface area contributed by atoms with Crippen molar-refractivity contribution >= 4 is 11.6 Å². The second-order valence-electron chi connectivity index (χ2n) is 6.88. The van der Waals surface area contributed by atoms with Gasteiger partial charge in [0.25, 0.3) is 11.8 Å². The molecular weight excluding hydrogens is 394 g/mol. The summed E-state index contributed by atoms with van der Waals surface area (Å²) >= 11 is 0. The van der Waals surface area contributed by atoms with E-state index in [1.54, 1.807) is 19.2 Å². The van der Waals surface area contributed by atoms with Crippen molar-refractivity contribution in [3.63, 3.8) is 0 Å². The fourth-order valence-electron chi connectivity index (χ4n) is 2.90. The summed E-state index contributed by atoms with van der Waals surface area (Å²) in [7, 11) is 1.61. The molecule has 7 heteroatoms. The van der Waals surface area contributed by atoms with Gasteiger partial charge in [-0.15, -0.1) is 0 Å². The van der Waals surface area contributed by atoms with Gasteiger partial charge in [-0.1, -0.05) is 35.0 Å². The zero-order chi connectivity index (χ0) is 21.6. The molecule has 31 heavy (non-hydrogen) atoms. The number of aromatic nitrogens is 2. The topological polar surface area (TPSA) is 86.5 Å². The predicted octanol–water partition coefficient (Wildman–Crippen LogP) is 4.74. The van der Waals surface area contributed by atoms with E-state index in [1.165, 1.54) is 0 Å². The number of carbonyl (C=O) groups is 1. The van der Waals surface area contributed by atoms with Gasteiger partial charge in [-0.05, 0) is 55.5 Å². The molecule has 0 saturated carbocycles. The van der Waals surface area contributed by atoms with Crippen LogP contribution >= 0.6 is 0 Å². The summed E-state index contributed by atoms with van der Waals surface area (Å²) in [6, 6.07) is 22.1. The average molecular weight is 415 g/mol. The first-order chi connectivity index (χ1) is 15.1. The molecule has 0 aliphatic carbocycles. The fraction of sp³-hybridized carbons (Fsp3) is 0.125. The summed E-state index contributed by atoms with van der Waals surface area (Å²) in [4.78, 5) is 16.6. The highest BCUT2D eigenvalue weighted by atomic mass is 16.5. The molecule has 1 N–H and O–H groups in total. The van der Waals surface area contributed by atoms with Crippen LogP contribution in [-0.4, -0.2) is 29.8 Å². The molecule has 4 aromatic rings. The number of methoxy groups -OCH3 is 1. The normalized spacial score (nSPS) is 10.5. The van der Waals surface area contributed by atoms with Crippen molar-refractivity contribution < 1.29 is 18.8 Å². The Hall–Kier alpha value is -4.13. The van der Waals surface area contributed by atoms with Gasteiger partial charge in [-0.3, -0.25) is 4.79 Å². The van der Waals surface area contributed by atoms with Crippen LogP contribution in [0.2, 0.25) is 0 Å². The molecule has 0 fully saturated rings. The Bertz CT molecular complexity index is 1170. The molecule has 0 radical (unpaired) electrons. The van der Waals surface area contributed by atoms with E-state index in [9.17, 15) is 4.79 Å². The maximum absolute atomic E-state index is 12.1. The van der Waals surface area contributed by atoms with Crippen LogP contribution in [0.3, 0.4) is 0 Å². The van der Waals surface area contributed by atoms with Crippen LogP contribution in [0.5, 0.6) is 11.5 Å². The van der Waals surface area contributed by atoms with Crippen LogP contribution in [0.15, 0.2) is 77.3 Å². The average Bonchev–Trinajstić information content (AvgIpc) is 3.30. The number of nitrogens with one attached hydrogen (secondary N) is 1. The summed E-state index contributed by atoms with van der Waals surface area (Å²) in [6.45, 7) is 1.88. The summed E-state index contributed by atoms with van der Waals surface area (Å²) in [6.07, 6.45) is 0. The maximum atomic E-state index is 12.1. The van der Waals surface area contributed by atoms with Gasteiger partial charge in [0.05, 0.1) is 7.11 Å². The van der Waals surface area contributed by atoms with E-state index in [4.69, 9.17) is 14.0 Å². The lowest BCUT2D eigenvalue weighted by molar-refractivity contribution is -0.118. The Morgan fingerprint density at radius 3 is 2.48 bits per heavy atom. The largest absolute Gasteiger partial charge is 0.497 e. The smallest absolute Gasteiger partial charge is 0.262 e. The minimum Gasteiger partial charge on any atom is -0.497 e. The quantitative estimate of drug-likeness (QED) is 0.469. The summed E-state index contributed by atoms with van der Waals surface area (Å²) in [5.74, 6) is 1.88. The molecule has 0 aliphatic heterocycles. The molecule has 0 bridgehead atoms. The van der Waals surface area contributed by atoms with Crippen LogP contribution in [0, 0.1) is 6.92 Å². The number of amides is 1. The molecule has 1 amide bonds. The van der Waals surface area contributed by atoms with Gasteiger partial charge in [0.2, 0.25) is 5.82 Å².